The van der Waals surface area contributed by atoms with E-state index in [9.17, 15) is 14.0 Å². The summed E-state index contributed by atoms with van der Waals surface area (Å²) in [5.74, 6) is -1.45. The summed E-state index contributed by atoms with van der Waals surface area (Å²) in [6, 6.07) is 12.2. The summed E-state index contributed by atoms with van der Waals surface area (Å²) < 4.78 is 13.7. The van der Waals surface area contributed by atoms with Crippen LogP contribution >= 0.6 is 0 Å². The van der Waals surface area contributed by atoms with Crippen molar-refractivity contribution in [2.24, 2.45) is 5.92 Å². The number of anilines is 1. The molecule has 0 aromatic heterocycles. The Labute approximate surface area is 141 Å². The van der Waals surface area contributed by atoms with Crippen LogP contribution in [0.4, 0.5) is 10.1 Å². The van der Waals surface area contributed by atoms with Gasteiger partial charge < -0.3 is 10.6 Å². The van der Waals surface area contributed by atoms with Crippen LogP contribution in [0.2, 0.25) is 0 Å². The van der Waals surface area contributed by atoms with Crippen molar-refractivity contribution in [1.82, 2.24) is 5.32 Å². The van der Waals surface area contributed by atoms with E-state index in [4.69, 9.17) is 0 Å². The molecule has 0 radical (unpaired) electrons. The van der Waals surface area contributed by atoms with Gasteiger partial charge in [0.05, 0.1) is 5.69 Å². The molecule has 0 spiro atoms. The number of carbonyl (C=O) groups is 2. The van der Waals surface area contributed by atoms with Crippen molar-refractivity contribution in [3.05, 3.63) is 65.5 Å². The quantitative estimate of drug-likeness (QED) is 0.882. The molecule has 4 nitrogen and oxygen atoms in total. The Bertz CT molecular complexity index is 726. The summed E-state index contributed by atoms with van der Waals surface area (Å²) >= 11 is 0. The number of aryl methyl sites for hydroxylation is 1. The van der Waals surface area contributed by atoms with Crippen LogP contribution in [0, 0.1) is 18.7 Å². The first kappa shape index (κ1) is 17.7. The topological polar surface area (TPSA) is 58.2 Å². The van der Waals surface area contributed by atoms with Crippen LogP contribution in [0.25, 0.3) is 0 Å². The van der Waals surface area contributed by atoms with E-state index in [-0.39, 0.29) is 17.5 Å². The van der Waals surface area contributed by atoms with Crippen LogP contribution in [0.5, 0.6) is 0 Å². The highest BCUT2D eigenvalue weighted by Crippen LogP contribution is 2.14. The molecule has 0 aliphatic heterocycles. The van der Waals surface area contributed by atoms with Gasteiger partial charge in [-0.15, -0.1) is 0 Å². The van der Waals surface area contributed by atoms with Crippen molar-refractivity contribution >= 4 is 17.5 Å². The fraction of sp³-hybridized carbons (Fsp3) is 0.263. The van der Waals surface area contributed by atoms with E-state index in [2.05, 4.69) is 10.6 Å². The van der Waals surface area contributed by atoms with E-state index in [0.717, 1.165) is 5.56 Å². The Balaban J connectivity index is 2.11. The van der Waals surface area contributed by atoms with Crippen LogP contribution < -0.4 is 10.6 Å². The van der Waals surface area contributed by atoms with E-state index in [1.165, 1.54) is 12.1 Å². The second-order valence-electron chi connectivity index (χ2n) is 6.03. The maximum atomic E-state index is 13.7. The van der Waals surface area contributed by atoms with Crippen molar-refractivity contribution in [2.75, 3.05) is 5.32 Å². The van der Waals surface area contributed by atoms with E-state index >= 15 is 0 Å². The maximum Gasteiger partial charge on any atom is 0.251 e. The summed E-state index contributed by atoms with van der Waals surface area (Å²) in [6.07, 6.45) is 0. The lowest BCUT2D eigenvalue weighted by molar-refractivity contribution is -0.118. The molecule has 24 heavy (non-hydrogen) atoms. The molecular formula is C19H21FN2O2. The molecule has 0 aliphatic carbocycles. The van der Waals surface area contributed by atoms with Gasteiger partial charge in [0.2, 0.25) is 5.91 Å². The third kappa shape index (κ3) is 4.41. The smallest absolute Gasteiger partial charge is 0.251 e. The van der Waals surface area contributed by atoms with Crippen molar-refractivity contribution in [3.63, 3.8) is 0 Å². The van der Waals surface area contributed by atoms with Gasteiger partial charge in [-0.25, -0.2) is 4.39 Å². The Hall–Kier alpha value is -2.69. The zero-order chi connectivity index (χ0) is 17.7. The average Bonchev–Trinajstić information content (AvgIpc) is 2.54. The van der Waals surface area contributed by atoms with Gasteiger partial charge in [-0.3, -0.25) is 9.59 Å². The minimum absolute atomic E-state index is 0.0951. The van der Waals surface area contributed by atoms with E-state index < -0.39 is 17.8 Å². The number of hydrogen-bond donors (Lipinski definition) is 2. The number of rotatable bonds is 5. The van der Waals surface area contributed by atoms with Gasteiger partial charge in [0.1, 0.15) is 11.9 Å². The third-order valence-corrected chi connectivity index (χ3v) is 3.68. The molecule has 1 atom stereocenters. The molecule has 1 unspecified atom stereocenters. The number of halogens is 1. The fourth-order valence-corrected chi connectivity index (χ4v) is 2.24. The summed E-state index contributed by atoms with van der Waals surface area (Å²) in [4.78, 5) is 24.8. The SMILES string of the molecule is Cc1ccc(C(=O)NC(C(=O)Nc2ccccc2F)C(C)C)cc1. The molecule has 5 heteroatoms. The molecule has 2 rings (SSSR count). The van der Waals surface area contributed by atoms with Crippen molar-refractivity contribution in [3.8, 4) is 0 Å². The average molecular weight is 328 g/mol. The van der Waals surface area contributed by atoms with E-state index in [1.807, 2.05) is 32.9 Å². The minimum atomic E-state index is -0.765. The highest BCUT2D eigenvalue weighted by molar-refractivity contribution is 6.01. The maximum absolute atomic E-state index is 13.7. The first-order valence-corrected chi connectivity index (χ1v) is 7.81. The van der Waals surface area contributed by atoms with Crippen LogP contribution in [0.1, 0.15) is 29.8 Å². The van der Waals surface area contributed by atoms with Crippen molar-refractivity contribution < 1.29 is 14.0 Å². The first-order valence-electron chi connectivity index (χ1n) is 7.81. The number of benzene rings is 2. The summed E-state index contributed by atoms with van der Waals surface area (Å²) in [7, 11) is 0. The van der Waals surface area contributed by atoms with Gasteiger partial charge in [-0.2, -0.15) is 0 Å². The number of amides is 2. The van der Waals surface area contributed by atoms with Gasteiger partial charge in [-0.05, 0) is 37.1 Å². The monoisotopic (exact) mass is 328 g/mol. The third-order valence-electron chi connectivity index (χ3n) is 3.68. The van der Waals surface area contributed by atoms with Gasteiger partial charge in [-0.1, -0.05) is 43.7 Å². The number of nitrogens with one attached hydrogen (secondary N) is 2. The second-order valence-corrected chi connectivity index (χ2v) is 6.03. The molecule has 2 aromatic rings. The van der Waals surface area contributed by atoms with Crippen molar-refractivity contribution in [1.29, 1.82) is 0 Å². The Morgan fingerprint density at radius 3 is 2.21 bits per heavy atom. The van der Waals surface area contributed by atoms with Crippen LogP contribution in [0.15, 0.2) is 48.5 Å². The fourth-order valence-electron chi connectivity index (χ4n) is 2.24. The standard InChI is InChI=1S/C19H21FN2O2/c1-12(2)17(19(24)21-16-7-5-4-6-15(16)20)22-18(23)14-10-8-13(3)9-11-14/h4-12,17H,1-3H3,(H,21,24)(H,22,23). The predicted molar refractivity (Wildman–Crippen MR) is 92.3 cm³/mol. The molecule has 0 bridgehead atoms. The van der Waals surface area contributed by atoms with Gasteiger partial charge in [0.15, 0.2) is 0 Å². The number of hydrogen-bond acceptors (Lipinski definition) is 2. The predicted octanol–water partition coefficient (Wildman–Crippen LogP) is 3.53. The Morgan fingerprint density at radius 2 is 1.62 bits per heavy atom. The molecule has 0 aliphatic rings. The zero-order valence-electron chi connectivity index (χ0n) is 14.0. The largest absolute Gasteiger partial charge is 0.340 e. The van der Waals surface area contributed by atoms with Crippen molar-refractivity contribution in [2.45, 2.75) is 26.8 Å². The minimum Gasteiger partial charge on any atom is -0.340 e. The molecule has 0 fully saturated rings. The van der Waals surface area contributed by atoms with Gasteiger partial charge >= 0.3 is 0 Å². The van der Waals surface area contributed by atoms with Crippen LogP contribution in [-0.2, 0) is 4.79 Å². The molecule has 2 aromatic carbocycles. The van der Waals surface area contributed by atoms with Gasteiger partial charge in [0.25, 0.3) is 5.91 Å². The first-order chi connectivity index (χ1) is 11.4. The molecule has 126 valence electrons. The lowest BCUT2D eigenvalue weighted by Gasteiger charge is -2.22. The highest BCUT2D eigenvalue weighted by Gasteiger charge is 2.25. The summed E-state index contributed by atoms with van der Waals surface area (Å²) in [5.41, 5.74) is 1.62. The lowest BCUT2D eigenvalue weighted by atomic mass is 10.0. The van der Waals surface area contributed by atoms with E-state index in [0.29, 0.717) is 5.56 Å². The molecule has 0 saturated heterocycles. The lowest BCUT2D eigenvalue weighted by Crippen LogP contribution is -2.47. The molecular weight excluding hydrogens is 307 g/mol. The van der Waals surface area contributed by atoms with E-state index in [1.54, 1.807) is 24.3 Å². The number of para-hydroxylation sites is 1. The Kier molecular flexibility index (Phi) is 5.68. The highest BCUT2D eigenvalue weighted by atomic mass is 19.1. The number of carbonyl (C=O) groups excluding carboxylic acids is 2. The molecule has 2 N–H and O–H groups in total. The van der Waals surface area contributed by atoms with Crippen LogP contribution in [-0.4, -0.2) is 17.9 Å². The summed E-state index contributed by atoms with van der Waals surface area (Å²) in [5, 5.41) is 5.25. The molecule has 0 saturated carbocycles. The molecule has 0 heterocycles. The normalized spacial score (nSPS) is 11.9. The molecule has 2 amide bonds. The second kappa shape index (κ2) is 7.73. The van der Waals surface area contributed by atoms with Crippen LogP contribution in [0.3, 0.4) is 0 Å². The summed E-state index contributed by atoms with van der Waals surface area (Å²) in [6.45, 7) is 5.57. The van der Waals surface area contributed by atoms with Gasteiger partial charge in [0, 0.05) is 5.56 Å². The Morgan fingerprint density at radius 1 is 1.00 bits per heavy atom. The zero-order valence-corrected chi connectivity index (χ0v) is 14.0.